The normalized spacial score (nSPS) is 22.8. The molecule has 1 fully saturated rings. The van der Waals surface area contributed by atoms with Gasteiger partial charge in [0.1, 0.15) is 18.3 Å². The highest BCUT2D eigenvalue weighted by molar-refractivity contribution is 6.01. The van der Waals surface area contributed by atoms with E-state index >= 15 is 0 Å². The molecular weight excluding hydrogens is 240 g/mol. The number of rotatable bonds is 4. The van der Waals surface area contributed by atoms with Crippen molar-refractivity contribution in [3.63, 3.8) is 0 Å². The van der Waals surface area contributed by atoms with E-state index in [1.807, 2.05) is 48.5 Å². The minimum absolute atomic E-state index is 0.0689. The maximum atomic E-state index is 12.1. The third-order valence-electron chi connectivity index (χ3n) is 3.29. The Morgan fingerprint density at radius 3 is 2.21 bits per heavy atom. The summed E-state index contributed by atoms with van der Waals surface area (Å²) in [4.78, 5) is 12.1. The van der Waals surface area contributed by atoms with Gasteiger partial charge in [0, 0.05) is 5.56 Å². The van der Waals surface area contributed by atoms with Crippen molar-refractivity contribution in [2.24, 2.45) is 0 Å². The molecule has 1 saturated heterocycles. The number of ketones is 1. The van der Waals surface area contributed by atoms with Crippen LogP contribution < -0.4 is 0 Å². The summed E-state index contributed by atoms with van der Waals surface area (Å²) in [5.74, 6) is -0.0689. The zero-order chi connectivity index (χ0) is 13.2. The van der Waals surface area contributed by atoms with Crippen molar-refractivity contribution in [1.82, 2.24) is 0 Å². The number of carbonyl (C=O) groups excluding carboxylic acids is 1. The van der Waals surface area contributed by atoms with Gasteiger partial charge in [0.2, 0.25) is 0 Å². The minimum Gasteiger partial charge on any atom is -0.386 e. The average Bonchev–Trinajstić information content (AvgIpc) is 3.28. The van der Waals surface area contributed by atoms with Gasteiger partial charge in [0.25, 0.3) is 0 Å². The van der Waals surface area contributed by atoms with E-state index in [4.69, 9.17) is 4.74 Å². The molecule has 1 aliphatic heterocycles. The molecule has 19 heavy (non-hydrogen) atoms. The zero-order valence-corrected chi connectivity index (χ0v) is 10.3. The van der Waals surface area contributed by atoms with Gasteiger partial charge < -0.3 is 9.84 Å². The van der Waals surface area contributed by atoms with E-state index in [9.17, 15) is 9.90 Å². The molecule has 1 heterocycles. The molecule has 96 valence electrons. The fraction of sp³-hybridized carbons (Fsp3) is 0.188. The van der Waals surface area contributed by atoms with Crippen LogP contribution in [0, 0.1) is 0 Å². The summed E-state index contributed by atoms with van der Waals surface area (Å²) in [5, 5.41) is 10.1. The summed E-state index contributed by atoms with van der Waals surface area (Å²) < 4.78 is 5.35. The Labute approximate surface area is 111 Å². The van der Waals surface area contributed by atoms with E-state index in [1.54, 1.807) is 12.1 Å². The number of hydrogen-bond donors (Lipinski definition) is 1. The molecule has 2 aromatic carbocycles. The Hall–Kier alpha value is -1.97. The maximum absolute atomic E-state index is 12.1. The summed E-state index contributed by atoms with van der Waals surface area (Å²) in [7, 11) is 0. The van der Waals surface area contributed by atoms with Gasteiger partial charge in [0.05, 0.1) is 0 Å². The molecule has 1 N–H and O–H groups in total. The molecule has 2 aromatic rings. The maximum Gasteiger partial charge on any atom is 0.194 e. The first-order chi connectivity index (χ1) is 9.27. The second-order valence-electron chi connectivity index (χ2n) is 4.61. The fourth-order valence-corrected chi connectivity index (χ4v) is 2.18. The molecule has 0 unspecified atom stereocenters. The lowest BCUT2D eigenvalue weighted by Gasteiger charge is -2.07. The number of ether oxygens (including phenoxy) is 1. The van der Waals surface area contributed by atoms with E-state index in [2.05, 4.69) is 0 Å². The van der Waals surface area contributed by atoms with E-state index in [1.165, 1.54) is 0 Å². The van der Waals surface area contributed by atoms with Crippen molar-refractivity contribution < 1.29 is 14.6 Å². The predicted molar refractivity (Wildman–Crippen MR) is 70.8 cm³/mol. The van der Waals surface area contributed by atoms with Crippen molar-refractivity contribution in [2.75, 3.05) is 0 Å². The molecule has 3 nitrogen and oxygen atoms in total. The highest BCUT2D eigenvalue weighted by atomic mass is 16.6. The first kappa shape index (κ1) is 12.1. The van der Waals surface area contributed by atoms with Gasteiger partial charge in [-0.3, -0.25) is 4.79 Å². The van der Waals surface area contributed by atoms with Crippen LogP contribution in [0.1, 0.15) is 22.0 Å². The van der Waals surface area contributed by atoms with Crippen LogP contribution in [0.15, 0.2) is 60.7 Å². The molecule has 3 rings (SSSR count). The van der Waals surface area contributed by atoms with Crippen molar-refractivity contribution in [2.45, 2.75) is 18.3 Å². The predicted octanol–water partition coefficient (Wildman–Crippen LogP) is 2.37. The minimum atomic E-state index is -0.751. The highest BCUT2D eigenvalue weighted by Crippen LogP contribution is 2.36. The number of benzene rings is 2. The summed E-state index contributed by atoms with van der Waals surface area (Å²) in [6.45, 7) is 0. The summed E-state index contributed by atoms with van der Waals surface area (Å²) in [5.41, 5.74) is 1.39. The first-order valence-electron chi connectivity index (χ1n) is 6.25. The molecule has 0 radical (unpaired) electrons. The number of Topliss-reactive ketones (excluding diaryl/α,β-unsaturated/α-hetero) is 1. The monoisotopic (exact) mass is 254 g/mol. The largest absolute Gasteiger partial charge is 0.386 e. The van der Waals surface area contributed by atoms with Crippen molar-refractivity contribution in [3.8, 4) is 0 Å². The van der Waals surface area contributed by atoms with Crippen LogP contribution in [0.4, 0.5) is 0 Å². The number of hydrogen-bond acceptors (Lipinski definition) is 3. The van der Waals surface area contributed by atoms with E-state index < -0.39 is 18.3 Å². The van der Waals surface area contributed by atoms with Gasteiger partial charge in [0.15, 0.2) is 5.78 Å². The number of aliphatic hydroxyl groups is 1. The van der Waals surface area contributed by atoms with Crippen molar-refractivity contribution in [3.05, 3.63) is 71.8 Å². The van der Waals surface area contributed by atoms with Crippen LogP contribution >= 0.6 is 0 Å². The van der Waals surface area contributed by atoms with Crippen LogP contribution in [-0.2, 0) is 4.74 Å². The molecule has 0 aliphatic carbocycles. The Morgan fingerprint density at radius 2 is 1.58 bits per heavy atom. The smallest absolute Gasteiger partial charge is 0.194 e. The Balaban J connectivity index is 1.70. The van der Waals surface area contributed by atoms with Crippen molar-refractivity contribution in [1.29, 1.82) is 0 Å². The van der Waals surface area contributed by atoms with Crippen molar-refractivity contribution >= 4 is 5.78 Å². The molecule has 0 bridgehead atoms. The van der Waals surface area contributed by atoms with Gasteiger partial charge in [-0.2, -0.15) is 0 Å². The van der Waals surface area contributed by atoms with Crippen LogP contribution in [-0.4, -0.2) is 23.1 Å². The van der Waals surface area contributed by atoms with E-state index in [0.29, 0.717) is 5.56 Å². The third kappa shape index (κ3) is 2.43. The van der Waals surface area contributed by atoms with Gasteiger partial charge in [-0.05, 0) is 5.56 Å². The molecule has 0 spiro atoms. The van der Waals surface area contributed by atoms with Gasteiger partial charge in [-0.15, -0.1) is 0 Å². The Morgan fingerprint density at radius 1 is 1.00 bits per heavy atom. The quantitative estimate of drug-likeness (QED) is 0.673. The SMILES string of the molecule is O=C(c1ccccc1)[C@H]1O[C@H]1[C@@H](O)c1ccccc1. The first-order valence-corrected chi connectivity index (χ1v) is 6.25. The fourth-order valence-electron chi connectivity index (χ4n) is 2.18. The average molecular weight is 254 g/mol. The van der Waals surface area contributed by atoms with Gasteiger partial charge >= 0.3 is 0 Å². The topological polar surface area (TPSA) is 49.8 Å². The van der Waals surface area contributed by atoms with Crippen LogP contribution in [0.2, 0.25) is 0 Å². The van der Waals surface area contributed by atoms with Crippen LogP contribution in [0.3, 0.4) is 0 Å². The summed E-state index contributed by atoms with van der Waals surface area (Å²) >= 11 is 0. The van der Waals surface area contributed by atoms with Crippen LogP contribution in [0.5, 0.6) is 0 Å². The second kappa shape index (κ2) is 4.96. The number of carbonyl (C=O) groups is 1. The molecule has 1 aliphatic rings. The number of epoxide rings is 1. The summed E-state index contributed by atoms with van der Waals surface area (Å²) in [6.07, 6.45) is -1.72. The molecule has 0 amide bonds. The number of aliphatic hydroxyl groups excluding tert-OH is 1. The molecule has 3 heteroatoms. The Bertz CT molecular complexity index is 565. The van der Waals surface area contributed by atoms with Crippen LogP contribution in [0.25, 0.3) is 0 Å². The Kier molecular flexibility index (Phi) is 3.15. The lowest BCUT2D eigenvalue weighted by Crippen LogP contribution is -2.15. The third-order valence-corrected chi connectivity index (χ3v) is 3.29. The molecule has 3 atom stereocenters. The lowest BCUT2D eigenvalue weighted by molar-refractivity contribution is 0.0953. The standard InChI is InChI=1S/C16H14O3/c17-13(11-7-3-1-4-8-11)15-16(19-15)14(18)12-9-5-2-6-10-12/h1-10,13,15-17H/t13-,15-,16+/m0/s1. The molecular formula is C16H14O3. The highest BCUT2D eigenvalue weighted by Gasteiger charge is 2.49. The lowest BCUT2D eigenvalue weighted by atomic mass is 10.0. The van der Waals surface area contributed by atoms with E-state index in [-0.39, 0.29) is 5.78 Å². The van der Waals surface area contributed by atoms with Gasteiger partial charge in [-0.1, -0.05) is 60.7 Å². The van der Waals surface area contributed by atoms with E-state index in [0.717, 1.165) is 5.56 Å². The van der Waals surface area contributed by atoms with Gasteiger partial charge in [-0.25, -0.2) is 0 Å². The molecule has 0 saturated carbocycles. The zero-order valence-electron chi connectivity index (χ0n) is 10.3. The molecule has 0 aromatic heterocycles. The second-order valence-corrected chi connectivity index (χ2v) is 4.61. The summed E-state index contributed by atoms with van der Waals surface area (Å²) in [6, 6.07) is 18.3.